The maximum atomic E-state index is 13.5. The summed E-state index contributed by atoms with van der Waals surface area (Å²) in [6.07, 6.45) is 2.97. The van der Waals surface area contributed by atoms with Crippen molar-refractivity contribution < 1.29 is 28.7 Å². The largest absolute Gasteiger partial charge is 0.461 e. The van der Waals surface area contributed by atoms with Gasteiger partial charge >= 0.3 is 6.09 Å². The van der Waals surface area contributed by atoms with E-state index in [1.165, 1.54) is 9.80 Å². The van der Waals surface area contributed by atoms with E-state index in [4.69, 9.17) is 9.15 Å². The maximum absolute atomic E-state index is 13.5. The zero-order valence-electron chi connectivity index (χ0n) is 24.7. The minimum absolute atomic E-state index is 0.0106. The first-order chi connectivity index (χ1) is 21.8. The fourth-order valence-corrected chi connectivity index (χ4v) is 5.34. The average Bonchev–Trinajstić information content (AvgIpc) is 3.57. The van der Waals surface area contributed by atoms with Gasteiger partial charge in [0, 0.05) is 24.2 Å². The Kier molecular flexibility index (Phi) is 9.78. The lowest BCUT2D eigenvalue weighted by Gasteiger charge is -2.25. The number of fused-ring (bicyclic) bond motifs is 1. The predicted molar refractivity (Wildman–Crippen MR) is 164 cm³/mol. The number of alkyl carbamates (subject to hydrolysis) is 1. The molecule has 2 aromatic carbocycles. The molecule has 2 saturated heterocycles. The third-order valence-corrected chi connectivity index (χ3v) is 7.58. The van der Waals surface area contributed by atoms with Crippen LogP contribution in [0, 0.1) is 18.4 Å². The van der Waals surface area contributed by atoms with Crippen molar-refractivity contribution in [3.05, 3.63) is 65.9 Å². The molecule has 2 atom stereocenters. The maximum Gasteiger partial charge on any atom is 0.408 e. The van der Waals surface area contributed by atoms with Gasteiger partial charge in [-0.2, -0.15) is 5.26 Å². The van der Waals surface area contributed by atoms with Crippen LogP contribution in [0.4, 0.5) is 10.5 Å². The van der Waals surface area contributed by atoms with Gasteiger partial charge < -0.3 is 34.8 Å². The van der Waals surface area contributed by atoms with Crippen molar-refractivity contribution in [3.63, 3.8) is 0 Å². The molecule has 4 N–H and O–H groups in total. The van der Waals surface area contributed by atoms with E-state index in [1.807, 2.05) is 55.6 Å². The first-order valence-corrected chi connectivity index (χ1v) is 14.6. The summed E-state index contributed by atoms with van der Waals surface area (Å²) < 4.78 is 10.9. The van der Waals surface area contributed by atoms with Gasteiger partial charge in [0.05, 0.1) is 19.1 Å². The molecule has 45 heavy (non-hydrogen) atoms. The summed E-state index contributed by atoms with van der Waals surface area (Å²) in [5, 5.41) is 31.2. The minimum Gasteiger partial charge on any atom is -0.461 e. The van der Waals surface area contributed by atoms with Gasteiger partial charge in [-0.05, 0) is 56.0 Å². The Balaban J connectivity index is 1.20. The van der Waals surface area contributed by atoms with E-state index >= 15 is 0 Å². The number of aliphatic imine (C=N–C) groups is 1. The van der Waals surface area contributed by atoms with Gasteiger partial charge in [-0.3, -0.25) is 14.9 Å². The molecule has 0 radical (unpaired) electrons. The molecule has 234 valence electrons. The molecule has 2 aliphatic rings. The number of carbonyl (C=O) groups is 3. The van der Waals surface area contributed by atoms with Crippen molar-refractivity contribution in [3.8, 4) is 6.19 Å². The number of guanidine groups is 1. The Bertz CT molecular complexity index is 1650. The van der Waals surface area contributed by atoms with Gasteiger partial charge in [-0.25, -0.2) is 9.79 Å². The molecular weight excluding hydrogens is 580 g/mol. The second kappa shape index (κ2) is 14.3. The van der Waals surface area contributed by atoms with Crippen LogP contribution >= 0.6 is 0 Å². The monoisotopic (exact) mass is 614 g/mol. The van der Waals surface area contributed by atoms with Crippen molar-refractivity contribution in [1.29, 1.82) is 5.26 Å². The summed E-state index contributed by atoms with van der Waals surface area (Å²) in [4.78, 5) is 46.6. The standard InChI is InChI=1S/C31H34N8O6/c1-20-13-22-14-23(10-11-27(22)45-20)34-30(33-19-32)35-24-9-5-6-12-38(29(24)41)17-28(40)39-15-25(26(16-39)37-43)36-31(42)44-18-21-7-3-2-4-8-21/h2-4,7-8,10-11,13-14,24-25,43H,5-6,9,12,15-18H2,1H3,(H,36,42)(H2,33,34,35)/b37-26-/t24-,25?/m0/s1. The number of hydrogen-bond acceptors (Lipinski definition) is 9. The van der Waals surface area contributed by atoms with E-state index < -0.39 is 18.2 Å². The minimum atomic E-state index is -0.814. The van der Waals surface area contributed by atoms with Gasteiger partial charge in [0.1, 0.15) is 29.7 Å². The van der Waals surface area contributed by atoms with Crippen LogP contribution in [0.3, 0.4) is 0 Å². The SMILES string of the molecule is Cc1cc2cc(NC(=N[C@H]3CCCCN(CC(=O)N4C/C(=N/O)C(NC(=O)OCc5ccccc5)C4)C3=O)NC#N)ccc2o1. The highest BCUT2D eigenvalue weighted by molar-refractivity contribution is 6.00. The number of amides is 3. The summed E-state index contributed by atoms with van der Waals surface area (Å²) in [6, 6.07) is 14.9. The third kappa shape index (κ3) is 7.88. The number of likely N-dealkylation sites (tertiary alicyclic amines) is 2. The lowest BCUT2D eigenvalue weighted by atomic mass is 10.1. The number of carbonyl (C=O) groups excluding carboxylic acids is 3. The molecule has 3 heterocycles. The van der Waals surface area contributed by atoms with Gasteiger partial charge in [-0.1, -0.05) is 35.5 Å². The lowest BCUT2D eigenvalue weighted by Crippen LogP contribution is -2.46. The second-order valence-electron chi connectivity index (χ2n) is 10.8. The molecule has 0 saturated carbocycles. The molecule has 14 nitrogen and oxygen atoms in total. The summed E-state index contributed by atoms with van der Waals surface area (Å²) >= 11 is 0. The van der Waals surface area contributed by atoms with E-state index in [1.54, 1.807) is 12.1 Å². The van der Waals surface area contributed by atoms with E-state index in [2.05, 4.69) is 26.1 Å². The summed E-state index contributed by atoms with van der Waals surface area (Å²) in [5.41, 5.74) is 2.39. The smallest absolute Gasteiger partial charge is 0.408 e. The molecule has 1 aromatic heterocycles. The van der Waals surface area contributed by atoms with Crippen molar-refractivity contribution in [2.75, 3.05) is 31.5 Å². The molecule has 0 spiro atoms. The number of ether oxygens (including phenoxy) is 1. The van der Waals surface area contributed by atoms with Crippen molar-refractivity contribution >= 4 is 46.2 Å². The first kappa shape index (κ1) is 30.9. The molecule has 0 aliphatic carbocycles. The van der Waals surface area contributed by atoms with E-state index in [0.29, 0.717) is 31.5 Å². The molecule has 5 rings (SSSR count). The normalized spacial score (nSPS) is 19.7. The zero-order chi connectivity index (χ0) is 31.8. The second-order valence-corrected chi connectivity index (χ2v) is 10.8. The Hall–Kier alpha value is -5.58. The summed E-state index contributed by atoms with van der Waals surface area (Å²) in [5.74, 6) is 0.176. The quantitative estimate of drug-likeness (QED) is 0.0776. The lowest BCUT2D eigenvalue weighted by molar-refractivity contribution is -0.140. The molecule has 2 aliphatic heterocycles. The highest BCUT2D eigenvalue weighted by Crippen LogP contribution is 2.23. The zero-order valence-corrected chi connectivity index (χ0v) is 24.7. The number of hydrogen-bond donors (Lipinski definition) is 4. The van der Waals surface area contributed by atoms with Crippen LogP contribution in [0.25, 0.3) is 11.0 Å². The molecule has 3 aromatic rings. The van der Waals surface area contributed by atoms with Crippen LogP contribution in [-0.4, -0.2) is 82.8 Å². The predicted octanol–water partition coefficient (Wildman–Crippen LogP) is 2.93. The number of benzene rings is 2. The number of furan rings is 1. The highest BCUT2D eigenvalue weighted by Gasteiger charge is 2.36. The number of nitriles is 1. The number of nitrogens with zero attached hydrogens (tertiary/aromatic N) is 5. The highest BCUT2D eigenvalue weighted by atomic mass is 16.5. The Morgan fingerprint density at radius 3 is 2.78 bits per heavy atom. The molecule has 2 fully saturated rings. The van der Waals surface area contributed by atoms with Crippen molar-refractivity contribution in [2.45, 2.75) is 44.9 Å². The van der Waals surface area contributed by atoms with Crippen LogP contribution in [0.15, 0.2) is 69.2 Å². The van der Waals surface area contributed by atoms with E-state index in [0.717, 1.165) is 22.3 Å². The van der Waals surface area contributed by atoms with Crippen LogP contribution in [0.1, 0.15) is 30.6 Å². The average molecular weight is 615 g/mol. The van der Waals surface area contributed by atoms with Crippen molar-refractivity contribution in [1.82, 2.24) is 20.4 Å². The number of nitrogens with one attached hydrogen (secondary N) is 3. The number of oxime groups is 1. The van der Waals surface area contributed by atoms with Gasteiger partial charge in [0.15, 0.2) is 6.19 Å². The van der Waals surface area contributed by atoms with E-state index in [9.17, 15) is 24.9 Å². The number of anilines is 1. The Labute approximate surface area is 259 Å². The van der Waals surface area contributed by atoms with Gasteiger partial charge in [-0.15, -0.1) is 0 Å². The van der Waals surface area contributed by atoms with Crippen LogP contribution in [0.5, 0.6) is 0 Å². The molecule has 1 unspecified atom stereocenters. The molecular formula is C31H34N8O6. The van der Waals surface area contributed by atoms with Gasteiger partial charge in [0.2, 0.25) is 17.8 Å². The van der Waals surface area contributed by atoms with Gasteiger partial charge in [0.25, 0.3) is 0 Å². The van der Waals surface area contributed by atoms with E-state index in [-0.39, 0.29) is 49.7 Å². The third-order valence-electron chi connectivity index (χ3n) is 7.58. The van der Waals surface area contributed by atoms with Crippen LogP contribution in [-0.2, 0) is 20.9 Å². The Morgan fingerprint density at radius 1 is 1.18 bits per heavy atom. The molecule has 0 bridgehead atoms. The fraction of sp³-hybridized carbons (Fsp3) is 0.355. The van der Waals surface area contributed by atoms with Crippen LogP contribution in [0.2, 0.25) is 0 Å². The number of rotatable bonds is 7. The molecule has 14 heteroatoms. The van der Waals surface area contributed by atoms with Crippen molar-refractivity contribution in [2.24, 2.45) is 10.1 Å². The number of aryl methyl sites for hydroxylation is 1. The fourth-order valence-electron chi connectivity index (χ4n) is 5.34. The Morgan fingerprint density at radius 2 is 2.00 bits per heavy atom. The summed E-state index contributed by atoms with van der Waals surface area (Å²) in [7, 11) is 0. The first-order valence-electron chi connectivity index (χ1n) is 14.6. The topological polar surface area (TPSA) is 185 Å². The summed E-state index contributed by atoms with van der Waals surface area (Å²) in [6.45, 7) is 2.12. The van der Waals surface area contributed by atoms with Crippen LogP contribution < -0.4 is 16.0 Å². The molecule has 3 amide bonds.